The highest BCUT2D eigenvalue weighted by Gasteiger charge is 2.26. The Morgan fingerprint density at radius 1 is 1.04 bits per heavy atom. The number of benzene rings is 1. The fourth-order valence-corrected chi connectivity index (χ4v) is 3.43. The maximum Gasteiger partial charge on any atom is 0.292 e. The van der Waals surface area contributed by atoms with Gasteiger partial charge in [0.1, 0.15) is 0 Å². The van der Waals surface area contributed by atoms with Gasteiger partial charge in [-0.05, 0) is 62.1 Å². The highest BCUT2D eigenvalue weighted by atomic mass is 16.2. The molecule has 6 heteroatoms. The molecule has 1 aliphatic heterocycles. The van der Waals surface area contributed by atoms with Crippen molar-refractivity contribution in [3.63, 3.8) is 0 Å². The topological polar surface area (TPSA) is 66.7 Å². The first-order valence-corrected chi connectivity index (χ1v) is 9.19. The van der Waals surface area contributed by atoms with Crippen LogP contribution in [0.2, 0.25) is 0 Å². The lowest BCUT2D eigenvalue weighted by molar-refractivity contribution is 0.0789. The second kappa shape index (κ2) is 6.87. The van der Waals surface area contributed by atoms with E-state index in [2.05, 4.69) is 10.3 Å². The molecule has 6 nitrogen and oxygen atoms in total. The van der Waals surface area contributed by atoms with Gasteiger partial charge in [0.15, 0.2) is 5.69 Å². The Hall–Kier alpha value is -3.15. The Balaban J connectivity index is 1.69. The van der Waals surface area contributed by atoms with Crippen LogP contribution in [0.4, 0.5) is 5.69 Å². The third-order valence-corrected chi connectivity index (χ3v) is 5.11. The monoisotopic (exact) mass is 362 g/mol. The van der Waals surface area contributed by atoms with Crippen molar-refractivity contribution in [3.8, 4) is 0 Å². The first-order chi connectivity index (χ1) is 13.0. The summed E-state index contributed by atoms with van der Waals surface area (Å²) in [5.74, 6) is -0.229. The van der Waals surface area contributed by atoms with Crippen molar-refractivity contribution in [2.24, 2.45) is 0 Å². The first kappa shape index (κ1) is 17.3. The molecular weight excluding hydrogens is 340 g/mol. The molecule has 0 radical (unpaired) electrons. The van der Waals surface area contributed by atoms with E-state index in [1.165, 1.54) is 0 Å². The summed E-state index contributed by atoms with van der Waals surface area (Å²) in [7, 11) is 0. The summed E-state index contributed by atoms with van der Waals surface area (Å²) >= 11 is 0. The molecule has 1 fully saturated rings. The van der Waals surface area contributed by atoms with Crippen molar-refractivity contribution >= 4 is 23.0 Å². The summed E-state index contributed by atoms with van der Waals surface area (Å²) in [4.78, 5) is 32.0. The van der Waals surface area contributed by atoms with E-state index in [1.807, 2.05) is 50.2 Å². The van der Waals surface area contributed by atoms with Gasteiger partial charge in [0.2, 0.25) is 5.82 Å². The molecule has 0 unspecified atom stereocenters. The highest BCUT2D eigenvalue weighted by Crippen LogP contribution is 2.20. The van der Waals surface area contributed by atoms with Gasteiger partial charge in [-0.2, -0.15) is 0 Å². The van der Waals surface area contributed by atoms with Gasteiger partial charge >= 0.3 is 0 Å². The van der Waals surface area contributed by atoms with Crippen LogP contribution in [0, 0.1) is 13.8 Å². The number of carbonyl (C=O) groups is 2. The maximum absolute atomic E-state index is 12.9. The van der Waals surface area contributed by atoms with Crippen molar-refractivity contribution in [3.05, 3.63) is 65.2 Å². The van der Waals surface area contributed by atoms with Gasteiger partial charge in [-0.1, -0.05) is 12.1 Å². The number of hydrogen-bond acceptors (Lipinski definition) is 3. The number of hydrogen-bond donors (Lipinski definition) is 1. The van der Waals surface area contributed by atoms with Gasteiger partial charge in [0, 0.05) is 25.0 Å². The number of anilines is 1. The zero-order valence-corrected chi connectivity index (χ0v) is 15.5. The van der Waals surface area contributed by atoms with E-state index in [0.717, 1.165) is 37.1 Å². The van der Waals surface area contributed by atoms with Crippen LogP contribution in [0.25, 0.3) is 5.52 Å². The number of aryl methyl sites for hydroxylation is 2. The smallest absolute Gasteiger partial charge is 0.292 e. The Bertz CT molecular complexity index is 1030. The van der Waals surface area contributed by atoms with Gasteiger partial charge < -0.3 is 10.2 Å². The molecule has 2 amide bonds. The summed E-state index contributed by atoms with van der Waals surface area (Å²) in [5, 5.41) is 2.89. The Morgan fingerprint density at radius 2 is 1.81 bits per heavy atom. The summed E-state index contributed by atoms with van der Waals surface area (Å²) in [6, 6.07) is 11.3. The fraction of sp³-hybridized carbons (Fsp3) is 0.286. The van der Waals surface area contributed by atoms with Gasteiger partial charge in [-0.3, -0.25) is 14.0 Å². The number of fused-ring (bicyclic) bond motifs is 1. The largest absolute Gasteiger partial charge is 0.337 e. The molecular formula is C21H22N4O2. The van der Waals surface area contributed by atoms with E-state index in [0.29, 0.717) is 16.9 Å². The SMILES string of the molecule is Cc1ccc(NC(=O)c2nc(C(=O)N3CCCC3)c3ccccn23)cc1C. The van der Waals surface area contributed by atoms with Crippen molar-refractivity contribution in [1.29, 1.82) is 0 Å². The van der Waals surface area contributed by atoms with Crippen molar-refractivity contribution in [1.82, 2.24) is 14.3 Å². The Labute approximate surface area is 157 Å². The average molecular weight is 362 g/mol. The highest BCUT2D eigenvalue weighted by molar-refractivity contribution is 6.06. The number of nitrogens with one attached hydrogen (secondary N) is 1. The Kier molecular flexibility index (Phi) is 4.39. The van der Waals surface area contributed by atoms with Gasteiger partial charge in [-0.15, -0.1) is 0 Å². The van der Waals surface area contributed by atoms with Crippen LogP contribution in [-0.4, -0.2) is 39.2 Å². The average Bonchev–Trinajstić information content (AvgIpc) is 3.32. The molecule has 1 aliphatic rings. The van der Waals surface area contributed by atoms with Crippen molar-refractivity contribution < 1.29 is 9.59 Å². The van der Waals surface area contributed by atoms with Crippen LogP contribution in [0.3, 0.4) is 0 Å². The molecule has 3 heterocycles. The predicted octanol–water partition coefficient (Wildman–Crippen LogP) is 3.44. The van der Waals surface area contributed by atoms with E-state index in [9.17, 15) is 9.59 Å². The van der Waals surface area contributed by atoms with E-state index in [1.54, 1.807) is 15.5 Å². The third kappa shape index (κ3) is 3.18. The second-order valence-corrected chi connectivity index (χ2v) is 6.99. The molecule has 2 aromatic heterocycles. The molecule has 138 valence electrons. The van der Waals surface area contributed by atoms with E-state index in [-0.39, 0.29) is 17.6 Å². The number of carbonyl (C=O) groups excluding carboxylic acids is 2. The van der Waals surface area contributed by atoms with Gasteiger partial charge in [-0.25, -0.2) is 4.98 Å². The number of amides is 2. The van der Waals surface area contributed by atoms with Crippen LogP contribution >= 0.6 is 0 Å². The summed E-state index contributed by atoms with van der Waals surface area (Å²) in [6.07, 6.45) is 3.79. The van der Waals surface area contributed by atoms with Gasteiger partial charge in [0.05, 0.1) is 5.52 Å². The lowest BCUT2D eigenvalue weighted by Gasteiger charge is -2.13. The molecule has 1 saturated heterocycles. The third-order valence-electron chi connectivity index (χ3n) is 5.11. The van der Waals surface area contributed by atoms with Crippen LogP contribution in [0.15, 0.2) is 42.6 Å². The lowest BCUT2D eigenvalue weighted by atomic mass is 10.1. The van der Waals surface area contributed by atoms with E-state index >= 15 is 0 Å². The van der Waals surface area contributed by atoms with Crippen molar-refractivity contribution in [2.75, 3.05) is 18.4 Å². The summed E-state index contributed by atoms with van der Waals surface area (Å²) in [5.41, 5.74) is 3.97. The zero-order valence-electron chi connectivity index (χ0n) is 15.5. The number of nitrogens with zero attached hydrogens (tertiary/aromatic N) is 3. The van der Waals surface area contributed by atoms with E-state index in [4.69, 9.17) is 0 Å². The van der Waals surface area contributed by atoms with Crippen LogP contribution in [0.5, 0.6) is 0 Å². The summed E-state index contributed by atoms with van der Waals surface area (Å²) < 4.78 is 1.68. The number of pyridine rings is 1. The first-order valence-electron chi connectivity index (χ1n) is 9.19. The molecule has 0 atom stereocenters. The maximum atomic E-state index is 12.9. The van der Waals surface area contributed by atoms with Crippen LogP contribution in [-0.2, 0) is 0 Å². The van der Waals surface area contributed by atoms with Crippen LogP contribution < -0.4 is 5.32 Å². The number of likely N-dealkylation sites (tertiary alicyclic amines) is 1. The van der Waals surface area contributed by atoms with Crippen LogP contribution in [0.1, 0.15) is 45.1 Å². The minimum atomic E-state index is -0.333. The standard InChI is InChI=1S/C21H22N4O2/c1-14-8-9-16(13-15(14)2)22-20(26)19-23-18(17-7-3-4-12-25(17)19)21(27)24-10-5-6-11-24/h3-4,7-9,12-13H,5-6,10-11H2,1-2H3,(H,22,26). The van der Waals surface area contributed by atoms with Gasteiger partial charge in [0.25, 0.3) is 11.8 Å². The molecule has 3 aromatic rings. The summed E-state index contributed by atoms with van der Waals surface area (Å²) in [6.45, 7) is 5.52. The normalized spacial score (nSPS) is 13.9. The Morgan fingerprint density at radius 3 is 2.56 bits per heavy atom. The molecule has 0 spiro atoms. The molecule has 0 aliphatic carbocycles. The molecule has 0 saturated carbocycles. The molecule has 27 heavy (non-hydrogen) atoms. The minimum absolute atomic E-state index is 0.110. The molecule has 4 rings (SSSR count). The van der Waals surface area contributed by atoms with Crippen molar-refractivity contribution in [2.45, 2.75) is 26.7 Å². The zero-order chi connectivity index (χ0) is 19.0. The molecule has 1 aromatic carbocycles. The molecule has 1 N–H and O–H groups in total. The molecule has 0 bridgehead atoms. The number of aromatic nitrogens is 2. The number of rotatable bonds is 3. The lowest BCUT2D eigenvalue weighted by Crippen LogP contribution is -2.28. The predicted molar refractivity (Wildman–Crippen MR) is 104 cm³/mol. The quantitative estimate of drug-likeness (QED) is 0.776. The van der Waals surface area contributed by atoms with E-state index < -0.39 is 0 Å². The fourth-order valence-electron chi connectivity index (χ4n) is 3.43. The number of imidazole rings is 1. The second-order valence-electron chi connectivity index (χ2n) is 6.99. The minimum Gasteiger partial charge on any atom is -0.337 e.